The summed E-state index contributed by atoms with van der Waals surface area (Å²) in [5.41, 5.74) is 15.8. The first-order valence-electron chi connectivity index (χ1n) is 19.0. The van der Waals surface area contributed by atoms with Crippen LogP contribution in [0.1, 0.15) is 44.5 Å². The first-order valence-corrected chi connectivity index (χ1v) is 19.0. The molecule has 0 unspecified atom stereocenters. The largest absolute Gasteiger partial charge is 0.0725 e. The predicted molar refractivity (Wildman–Crippen MR) is 233 cm³/mol. The van der Waals surface area contributed by atoms with Gasteiger partial charge in [-0.25, -0.2) is 0 Å². The summed E-state index contributed by atoms with van der Waals surface area (Å²) in [6, 6.07) is 88.8. The minimum absolute atomic E-state index is 0.821. The molecule has 0 nitrogen and oxygen atoms in total. The molecule has 0 spiro atoms. The topological polar surface area (TPSA) is 0 Å². The highest BCUT2D eigenvalue weighted by Crippen LogP contribution is 2.63. The predicted octanol–water partition coefficient (Wildman–Crippen LogP) is 13.8. The van der Waals surface area contributed by atoms with Crippen LogP contribution in [0.15, 0.2) is 243 Å². The van der Waals surface area contributed by atoms with E-state index in [4.69, 9.17) is 0 Å². The second-order valence-corrected chi connectivity index (χ2v) is 13.9. The number of allylic oxidation sites excluding steroid dienone is 6. The molecule has 0 aliphatic heterocycles. The average Bonchev–Trinajstić information content (AvgIpc) is 3.41. The van der Waals surface area contributed by atoms with E-state index in [-0.39, 0.29) is 0 Å². The quantitative estimate of drug-likeness (QED) is 0.148. The van der Waals surface area contributed by atoms with Gasteiger partial charge in [-0.15, -0.1) is 0 Å². The third kappa shape index (κ3) is 6.09. The Morgan fingerprint density at radius 3 is 0.636 bits per heavy atom. The Kier molecular flexibility index (Phi) is 9.31. The fraction of sp³-hybridized carbons (Fsp3) is 0.0182. The molecule has 0 aromatic heterocycles. The third-order valence-electron chi connectivity index (χ3n) is 10.8. The number of hydrogen-bond acceptors (Lipinski definition) is 0. The molecule has 0 bridgehead atoms. The molecule has 0 heteroatoms. The van der Waals surface area contributed by atoms with Gasteiger partial charge in [0.05, 0.1) is 5.41 Å². The average molecular weight is 701 g/mol. The van der Waals surface area contributed by atoms with Crippen molar-refractivity contribution < 1.29 is 0 Å². The van der Waals surface area contributed by atoms with E-state index in [1.54, 1.807) is 0 Å². The van der Waals surface area contributed by atoms with E-state index in [1.165, 1.54) is 44.6 Å². The second kappa shape index (κ2) is 15.1. The van der Waals surface area contributed by atoms with Crippen molar-refractivity contribution in [1.29, 1.82) is 0 Å². The number of rotatable bonds is 8. The van der Waals surface area contributed by atoms with Crippen LogP contribution in [-0.2, 0) is 5.41 Å². The molecule has 8 aromatic carbocycles. The van der Waals surface area contributed by atoms with E-state index < -0.39 is 5.41 Å². The molecule has 8 aromatic rings. The summed E-state index contributed by atoms with van der Waals surface area (Å²) >= 11 is 0. The molecular formula is C55H40. The molecule has 0 saturated carbocycles. The summed E-state index contributed by atoms with van der Waals surface area (Å²) < 4.78 is 0. The Balaban J connectivity index is 1.69. The van der Waals surface area contributed by atoms with Gasteiger partial charge in [0, 0.05) is 0 Å². The maximum atomic E-state index is 2.33. The van der Waals surface area contributed by atoms with Crippen molar-refractivity contribution in [3.63, 3.8) is 0 Å². The molecule has 260 valence electrons. The first-order chi connectivity index (χ1) is 27.4. The van der Waals surface area contributed by atoms with Crippen molar-refractivity contribution in [2.45, 2.75) is 5.41 Å². The van der Waals surface area contributed by atoms with Gasteiger partial charge in [-0.3, -0.25) is 0 Å². The maximum absolute atomic E-state index is 2.33. The van der Waals surface area contributed by atoms with Gasteiger partial charge in [-0.1, -0.05) is 243 Å². The minimum atomic E-state index is -0.821. The van der Waals surface area contributed by atoms with Crippen LogP contribution in [0.25, 0.3) is 33.4 Å². The van der Waals surface area contributed by atoms with Gasteiger partial charge in [-0.2, -0.15) is 0 Å². The molecule has 0 atom stereocenters. The van der Waals surface area contributed by atoms with Gasteiger partial charge >= 0.3 is 0 Å². The molecule has 1 aliphatic carbocycles. The highest BCUT2D eigenvalue weighted by atomic mass is 14.5. The van der Waals surface area contributed by atoms with Crippen molar-refractivity contribution in [3.8, 4) is 0 Å². The highest BCUT2D eigenvalue weighted by Gasteiger charge is 2.49. The van der Waals surface area contributed by atoms with Crippen LogP contribution in [0.5, 0.6) is 0 Å². The van der Waals surface area contributed by atoms with Crippen molar-refractivity contribution >= 4 is 33.4 Å². The molecule has 55 heavy (non-hydrogen) atoms. The SMILES string of the molecule is c1ccc(C2=C(c3ccccc3)C(c3ccccc3)=C(c3ccccc3)C(c3ccccc3)(c3ccccc3)C(c3ccccc3)=C2c2ccccc2)cc1. The Labute approximate surface area is 324 Å². The van der Waals surface area contributed by atoms with Crippen LogP contribution < -0.4 is 0 Å². The summed E-state index contributed by atoms with van der Waals surface area (Å²) in [6.45, 7) is 0. The number of benzene rings is 8. The van der Waals surface area contributed by atoms with E-state index in [0.717, 1.165) is 33.4 Å². The lowest BCUT2D eigenvalue weighted by molar-refractivity contribution is 0.865. The van der Waals surface area contributed by atoms with Gasteiger partial charge in [0.25, 0.3) is 0 Å². The molecule has 0 fully saturated rings. The lowest BCUT2D eigenvalue weighted by atomic mass is 9.58. The molecule has 0 N–H and O–H groups in total. The lowest BCUT2D eigenvalue weighted by Crippen LogP contribution is -2.32. The summed E-state index contributed by atoms with van der Waals surface area (Å²) in [5, 5.41) is 0. The van der Waals surface area contributed by atoms with Crippen LogP contribution in [0.3, 0.4) is 0 Å². The summed E-state index contributed by atoms with van der Waals surface area (Å²) in [4.78, 5) is 0. The van der Waals surface area contributed by atoms with Crippen LogP contribution in [0.2, 0.25) is 0 Å². The second-order valence-electron chi connectivity index (χ2n) is 13.9. The zero-order valence-electron chi connectivity index (χ0n) is 30.6. The van der Waals surface area contributed by atoms with Crippen molar-refractivity contribution in [1.82, 2.24) is 0 Å². The van der Waals surface area contributed by atoms with Gasteiger partial charge in [0.1, 0.15) is 0 Å². The fourth-order valence-electron chi connectivity index (χ4n) is 8.63. The standard InChI is InChI=1S/C55H40/c1-9-25-41(26-10-1)49-50(42-27-11-2-12-28-42)52(44-31-15-4-16-32-44)54(46-35-19-6-20-36-46)55(47-37-21-7-22-38-47,48-39-23-8-24-40-48)53(45-33-17-5-18-34-45)51(49)43-29-13-3-14-30-43/h1-40H. The zero-order chi connectivity index (χ0) is 36.9. The van der Waals surface area contributed by atoms with E-state index >= 15 is 0 Å². The summed E-state index contributed by atoms with van der Waals surface area (Å²) in [7, 11) is 0. The third-order valence-corrected chi connectivity index (χ3v) is 10.8. The minimum Gasteiger partial charge on any atom is -0.0622 e. The van der Waals surface area contributed by atoms with Gasteiger partial charge in [-0.05, 0) is 77.9 Å². The number of hydrogen-bond donors (Lipinski definition) is 0. The monoisotopic (exact) mass is 700 g/mol. The molecule has 0 radical (unpaired) electrons. The van der Waals surface area contributed by atoms with Crippen molar-refractivity contribution in [2.75, 3.05) is 0 Å². The van der Waals surface area contributed by atoms with E-state index in [1.807, 2.05) is 0 Å². The van der Waals surface area contributed by atoms with Crippen LogP contribution in [-0.4, -0.2) is 0 Å². The maximum Gasteiger partial charge on any atom is 0.0725 e. The van der Waals surface area contributed by atoms with E-state index in [0.29, 0.717) is 0 Å². The molecule has 1 aliphatic rings. The highest BCUT2D eigenvalue weighted by molar-refractivity contribution is 6.37. The van der Waals surface area contributed by atoms with Gasteiger partial charge in [0.15, 0.2) is 0 Å². The first kappa shape index (κ1) is 33.8. The molecule has 0 amide bonds. The van der Waals surface area contributed by atoms with Crippen LogP contribution in [0.4, 0.5) is 0 Å². The molecule has 0 heterocycles. The Bertz CT molecular complexity index is 2420. The Hall–Kier alpha value is -7.02. The van der Waals surface area contributed by atoms with Crippen molar-refractivity contribution in [2.24, 2.45) is 0 Å². The summed E-state index contributed by atoms with van der Waals surface area (Å²) in [6.07, 6.45) is 0. The zero-order valence-corrected chi connectivity index (χ0v) is 30.6. The normalized spacial score (nSPS) is 14.1. The van der Waals surface area contributed by atoms with Gasteiger partial charge < -0.3 is 0 Å². The summed E-state index contributed by atoms with van der Waals surface area (Å²) in [5.74, 6) is 0. The van der Waals surface area contributed by atoms with E-state index in [2.05, 4.69) is 243 Å². The lowest BCUT2D eigenvalue weighted by Gasteiger charge is -2.42. The van der Waals surface area contributed by atoms with Crippen molar-refractivity contribution in [3.05, 3.63) is 287 Å². The molecule has 9 rings (SSSR count). The van der Waals surface area contributed by atoms with E-state index in [9.17, 15) is 0 Å². The Morgan fingerprint density at radius 2 is 0.382 bits per heavy atom. The van der Waals surface area contributed by atoms with Crippen LogP contribution in [0, 0.1) is 0 Å². The molecular weight excluding hydrogens is 661 g/mol. The molecule has 0 saturated heterocycles. The van der Waals surface area contributed by atoms with Crippen LogP contribution >= 0.6 is 0 Å². The fourth-order valence-corrected chi connectivity index (χ4v) is 8.63. The smallest absolute Gasteiger partial charge is 0.0622 e. The van der Waals surface area contributed by atoms with Gasteiger partial charge in [0.2, 0.25) is 0 Å². The Morgan fingerprint density at radius 1 is 0.182 bits per heavy atom.